The predicted molar refractivity (Wildman–Crippen MR) is 108 cm³/mol. The number of amides is 1. The van der Waals surface area contributed by atoms with Crippen LogP contribution in [-0.4, -0.2) is 28.4 Å². The van der Waals surface area contributed by atoms with Crippen LogP contribution in [0.4, 0.5) is 0 Å². The zero-order valence-corrected chi connectivity index (χ0v) is 15.5. The molecule has 132 valence electrons. The van der Waals surface area contributed by atoms with E-state index in [9.17, 15) is 4.79 Å². The summed E-state index contributed by atoms with van der Waals surface area (Å²) in [5.41, 5.74) is 2.34. The highest BCUT2D eigenvalue weighted by molar-refractivity contribution is 7.19. The molecule has 0 bridgehead atoms. The molecule has 1 amide bonds. The van der Waals surface area contributed by atoms with E-state index < -0.39 is 0 Å². The number of thiazole rings is 1. The van der Waals surface area contributed by atoms with Gasteiger partial charge in [-0.1, -0.05) is 42.5 Å². The van der Waals surface area contributed by atoms with E-state index in [0.29, 0.717) is 6.04 Å². The summed E-state index contributed by atoms with van der Waals surface area (Å²) in [6.07, 6.45) is 7.81. The first-order valence-corrected chi connectivity index (χ1v) is 9.99. The van der Waals surface area contributed by atoms with Gasteiger partial charge in [-0.25, -0.2) is 4.98 Å². The summed E-state index contributed by atoms with van der Waals surface area (Å²) < 4.78 is 1.15. The van der Waals surface area contributed by atoms with E-state index in [1.807, 2.05) is 35.2 Å². The molecule has 0 radical (unpaired) electrons. The minimum atomic E-state index is 0.111. The van der Waals surface area contributed by atoms with Gasteiger partial charge in [0.15, 0.2) is 0 Å². The van der Waals surface area contributed by atoms with E-state index in [4.69, 9.17) is 0 Å². The minimum Gasteiger partial charge on any atom is -0.336 e. The molecule has 1 fully saturated rings. The Labute approximate surface area is 158 Å². The van der Waals surface area contributed by atoms with Crippen LogP contribution in [0.5, 0.6) is 0 Å². The van der Waals surface area contributed by atoms with Crippen molar-refractivity contribution in [3.63, 3.8) is 0 Å². The topological polar surface area (TPSA) is 33.2 Å². The molecule has 2 aromatic carbocycles. The van der Waals surface area contributed by atoms with Crippen LogP contribution in [0.3, 0.4) is 0 Å². The third-order valence-electron chi connectivity index (χ3n) is 4.95. The van der Waals surface area contributed by atoms with E-state index in [2.05, 4.69) is 35.3 Å². The number of nitrogens with zero attached hydrogens (tertiary/aromatic N) is 2. The average Bonchev–Trinajstić information content (AvgIpc) is 3.31. The molecule has 0 N–H and O–H groups in total. The summed E-state index contributed by atoms with van der Waals surface area (Å²) in [7, 11) is 0. The van der Waals surface area contributed by atoms with E-state index >= 15 is 0 Å². The van der Waals surface area contributed by atoms with Gasteiger partial charge in [-0.2, -0.15) is 0 Å². The number of carbonyl (C=O) groups is 1. The largest absolute Gasteiger partial charge is 0.336 e. The molecule has 1 aromatic heterocycles. The van der Waals surface area contributed by atoms with Crippen LogP contribution in [0, 0.1) is 0 Å². The second kappa shape index (κ2) is 7.83. The molecule has 3 nitrogen and oxygen atoms in total. The normalized spacial score (nSPS) is 17.4. The Morgan fingerprint density at radius 3 is 2.81 bits per heavy atom. The fraction of sp³-hybridized carbons (Fsp3) is 0.273. The molecular weight excluding hydrogens is 340 g/mol. The van der Waals surface area contributed by atoms with Crippen molar-refractivity contribution in [1.82, 2.24) is 9.88 Å². The lowest BCUT2D eigenvalue weighted by molar-refractivity contribution is -0.126. The van der Waals surface area contributed by atoms with Crippen molar-refractivity contribution in [2.24, 2.45) is 0 Å². The second-order valence-electron chi connectivity index (χ2n) is 6.71. The second-order valence-corrected chi connectivity index (χ2v) is 7.77. The summed E-state index contributed by atoms with van der Waals surface area (Å²) in [4.78, 5) is 19.3. The quantitative estimate of drug-likeness (QED) is 0.603. The lowest BCUT2D eigenvalue weighted by Crippen LogP contribution is -2.34. The van der Waals surface area contributed by atoms with Crippen LogP contribution in [-0.2, 0) is 11.2 Å². The fourth-order valence-corrected chi connectivity index (χ4v) is 4.47. The third kappa shape index (κ3) is 3.86. The van der Waals surface area contributed by atoms with Crippen molar-refractivity contribution >= 4 is 33.5 Å². The number of fused-ring (bicyclic) bond motifs is 1. The smallest absolute Gasteiger partial charge is 0.246 e. The summed E-state index contributed by atoms with van der Waals surface area (Å²) in [6, 6.07) is 18.9. The predicted octanol–water partition coefficient (Wildman–Crippen LogP) is 4.93. The number of likely N-dealkylation sites (tertiary alicyclic amines) is 1. The van der Waals surface area contributed by atoms with Gasteiger partial charge in [0.25, 0.3) is 0 Å². The molecule has 1 atom stereocenters. The van der Waals surface area contributed by atoms with Crippen LogP contribution in [0.15, 0.2) is 60.7 Å². The van der Waals surface area contributed by atoms with Gasteiger partial charge in [0.2, 0.25) is 5.91 Å². The molecule has 3 aromatic rings. The fourth-order valence-electron chi connectivity index (χ4n) is 3.60. The van der Waals surface area contributed by atoms with E-state index in [0.717, 1.165) is 47.5 Å². The number of para-hydroxylation sites is 1. The molecule has 0 aliphatic carbocycles. The molecule has 1 saturated heterocycles. The summed E-state index contributed by atoms with van der Waals surface area (Å²) in [5.74, 6) is 0.111. The van der Waals surface area contributed by atoms with Gasteiger partial charge in [0.05, 0.1) is 10.2 Å². The van der Waals surface area contributed by atoms with Gasteiger partial charge in [-0.05, 0) is 49.5 Å². The molecular formula is C22H22N2OS. The highest BCUT2D eigenvalue weighted by atomic mass is 32.1. The third-order valence-corrected chi connectivity index (χ3v) is 5.95. The molecule has 4 rings (SSSR count). The molecule has 1 unspecified atom stereocenters. The monoisotopic (exact) mass is 362 g/mol. The van der Waals surface area contributed by atoms with Crippen LogP contribution in [0.25, 0.3) is 16.3 Å². The number of aryl methyl sites for hydroxylation is 1. The Balaban J connectivity index is 1.39. The van der Waals surface area contributed by atoms with E-state index in [1.165, 1.54) is 5.56 Å². The van der Waals surface area contributed by atoms with Crippen LogP contribution in [0.1, 0.15) is 29.8 Å². The first kappa shape index (κ1) is 17.0. The maximum atomic E-state index is 12.7. The first-order valence-electron chi connectivity index (χ1n) is 9.18. The number of benzene rings is 2. The number of aromatic nitrogens is 1. The van der Waals surface area contributed by atoms with Gasteiger partial charge in [-0.15, -0.1) is 11.3 Å². The van der Waals surface area contributed by atoms with Crippen LogP contribution < -0.4 is 0 Å². The van der Waals surface area contributed by atoms with Crippen molar-refractivity contribution in [3.8, 4) is 0 Å². The standard InChI is InChI=1S/C22H22N2OS/c25-22(15-14-21-23-19-10-4-5-11-20(19)26-21)24-16-6-9-18(24)13-12-17-7-2-1-3-8-17/h1-5,7-8,10-11,14-15,18H,6,9,12-13,16H2/b15-14+. The molecule has 26 heavy (non-hydrogen) atoms. The Bertz CT molecular complexity index is 883. The SMILES string of the molecule is O=C(/C=C/c1nc2ccccc2s1)N1CCCC1CCc1ccccc1. The zero-order chi connectivity index (χ0) is 17.8. The maximum Gasteiger partial charge on any atom is 0.246 e. The van der Waals surface area contributed by atoms with Gasteiger partial charge >= 0.3 is 0 Å². The van der Waals surface area contributed by atoms with Gasteiger partial charge in [0, 0.05) is 18.7 Å². The lowest BCUT2D eigenvalue weighted by atomic mass is 10.0. The van der Waals surface area contributed by atoms with Crippen LogP contribution >= 0.6 is 11.3 Å². The Morgan fingerprint density at radius 1 is 1.15 bits per heavy atom. The number of rotatable bonds is 5. The van der Waals surface area contributed by atoms with Crippen molar-refractivity contribution in [2.75, 3.05) is 6.54 Å². The minimum absolute atomic E-state index is 0.111. The van der Waals surface area contributed by atoms with Crippen molar-refractivity contribution in [2.45, 2.75) is 31.7 Å². The maximum absolute atomic E-state index is 12.7. The Hall–Kier alpha value is -2.46. The molecule has 0 spiro atoms. The van der Waals surface area contributed by atoms with E-state index in [1.54, 1.807) is 17.4 Å². The molecule has 2 heterocycles. The number of carbonyl (C=O) groups excluding carboxylic acids is 1. The first-order chi connectivity index (χ1) is 12.8. The Morgan fingerprint density at radius 2 is 1.96 bits per heavy atom. The van der Waals surface area contributed by atoms with Crippen molar-refractivity contribution < 1.29 is 4.79 Å². The van der Waals surface area contributed by atoms with Crippen LogP contribution in [0.2, 0.25) is 0 Å². The van der Waals surface area contributed by atoms with Gasteiger partial charge in [-0.3, -0.25) is 4.79 Å². The molecule has 0 saturated carbocycles. The zero-order valence-electron chi connectivity index (χ0n) is 14.7. The van der Waals surface area contributed by atoms with Crippen molar-refractivity contribution in [3.05, 3.63) is 71.2 Å². The highest BCUT2D eigenvalue weighted by Gasteiger charge is 2.26. The summed E-state index contributed by atoms with van der Waals surface area (Å²) >= 11 is 1.62. The lowest BCUT2D eigenvalue weighted by Gasteiger charge is -2.23. The van der Waals surface area contributed by atoms with Crippen molar-refractivity contribution in [1.29, 1.82) is 0 Å². The summed E-state index contributed by atoms with van der Waals surface area (Å²) in [6.45, 7) is 0.864. The van der Waals surface area contributed by atoms with E-state index in [-0.39, 0.29) is 5.91 Å². The molecule has 1 aliphatic heterocycles. The molecule has 1 aliphatic rings. The Kier molecular flexibility index (Phi) is 5.12. The average molecular weight is 362 g/mol. The number of hydrogen-bond acceptors (Lipinski definition) is 3. The highest BCUT2D eigenvalue weighted by Crippen LogP contribution is 2.24. The molecule has 4 heteroatoms. The van der Waals surface area contributed by atoms with Gasteiger partial charge < -0.3 is 4.90 Å². The van der Waals surface area contributed by atoms with Gasteiger partial charge in [0.1, 0.15) is 5.01 Å². The number of hydrogen-bond donors (Lipinski definition) is 0. The summed E-state index contributed by atoms with van der Waals surface area (Å²) in [5, 5.41) is 0.889.